The molecule has 1 fully saturated rings. The molecule has 5 nitrogen and oxygen atoms in total. The number of rotatable bonds is 4. The van der Waals surface area contributed by atoms with Crippen LogP contribution in [0.25, 0.3) is 0 Å². The molecule has 1 amide bonds. The number of ether oxygens (including phenoxy) is 1. The van der Waals surface area contributed by atoms with Gasteiger partial charge in [0.2, 0.25) is 5.91 Å². The van der Waals surface area contributed by atoms with Crippen molar-refractivity contribution in [2.24, 2.45) is 23.0 Å². The average Bonchev–Trinajstić information content (AvgIpc) is 2.44. The highest BCUT2D eigenvalue weighted by atomic mass is 16.5. The normalized spacial score (nSPS) is 21.8. The number of methoxy groups -OCH3 is 1. The van der Waals surface area contributed by atoms with Crippen molar-refractivity contribution in [1.29, 1.82) is 0 Å². The highest BCUT2D eigenvalue weighted by molar-refractivity contribution is 5.82. The van der Waals surface area contributed by atoms with Gasteiger partial charge in [0.05, 0.1) is 18.6 Å². The highest BCUT2D eigenvalue weighted by Crippen LogP contribution is 2.35. The van der Waals surface area contributed by atoms with Crippen molar-refractivity contribution in [2.75, 3.05) is 20.2 Å². The van der Waals surface area contributed by atoms with E-state index in [1.54, 1.807) is 0 Å². The lowest BCUT2D eigenvalue weighted by molar-refractivity contribution is -0.157. The van der Waals surface area contributed by atoms with Crippen molar-refractivity contribution < 1.29 is 14.3 Å². The van der Waals surface area contributed by atoms with Gasteiger partial charge in [0.15, 0.2) is 0 Å². The largest absolute Gasteiger partial charge is 0.469 e. The Bertz CT molecular complexity index is 366. The minimum atomic E-state index is -0.574. The molecule has 1 aliphatic heterocycles. The molecule has 0 radical (unpaired) electrons. The number of carbonyl (C=O) groups excluding carboxylic acids is 2. The first-order valence-electron chi connectivity index (χ1n) is 7.34. The number of piperidine rings is 1. The molecule has 20 heavy (non-hydrogen) atoms. The van der Waals surface area contributed by atoms with E-state index in [4.69, 9.17) is 10.5 Å². The molecule has 0 bridgehead atoms. The smallest absolute Gasteiger partial charge is 0.311 e. The SMILES string of the molecule is COC(=O)C(C)(C)C1CCCN(C(=O)[C@@H](N)C(C)C)C1. The Balaban J connectivity index is 2.77. The number of nitrogens with zero attached hydrogens (tertiary/aromatic N) is 1. The Hall–Kier alpha value is -1.10. The van der Waals surface area contributed by atoms with Crippen LogP contribution in [0.1, 0.15) is 40.5 Å². The van der Waals surface area contributed by atoms with Crippen molar-refractivity contribution >= 4 is 11.9 Å². The van der Waals surface area contributed by atoms with Crippen LogP contribution in [0.2, 0.25) is 0 Å². The third kappa shape index (κ3) is 3.51. The van der Waals surface area contributed by atoms with Crippen LogP contribution in [-0.4, -0.2) is 43.0 Å². The van der Waals surface area contributed by atoms with E-state index in [0.29, 0.717) is 6.54 Å². The number of esters is 1. The zero-order valence-corrected chi connectivity index (χ0v) is 13.3. The number of amides is 1. The first-order valence-corrected chi connectivity index (χ1v) is 7.34. The summed E-state index contributed by atoms with van der Waals surface area (Å²) in [6, 6.07) is -0.463. The van der Waals surface area contributed by atoms with Gasteiger partial charge in [0, 0.05) is 13.1 Å². The van der Waals surface area contributed by atoms with Crippen molar-refractivity contribution in [3.63, 3.8) is 0 Å². The lowest BCUT2D eigenvalue weighted by atomic mass is 9.74. The van der Waals surface area contributed by atoms with Gasteiger partial charge in [-0.15, -0.1) is 0 Å². The van der Waals surface area contributed by atoms with E-state index >= 15 is 0 Å². The third-order valence-corrected chi connectivity index (χ3v) is 4.47. The van der Waals surface area contributed by atoms with Crippen molar-refractivity contribution in [2.45, 2.75) is 46.6 Å². The van der Waals surface area contributed by atoms with E-state index < -0.39 is 11.5 Å². The summed E-state index contributed by atoms with van der Waals surface area (Å²) >= 11 is 0. The molecule has 2 N–H and O–H groups in total. The summed E-state index contributed by atoms with van der Waals surface area (Å²) in [4.78, 5) is 26.0. The molecule has 116 valence electrons. The molecular weight excluding hydrogens is 256 g/mol. The van der Waals surface area contributed by atoms with Crippen LogP contribution in [0.15, 0.2) is 0 Å². The van der Waals surface area contributed by atoms with Gasteiger partial charge in [0.25, 0.3) is 0 Å². The quantitative estimate of drug-likeness (QED) is 0.792. The Kier molecular flexibility index (Phi) is 5.57. The van der Waals surface area contributed by atoms with E-state index in [1.165, 1.54) is 7.11 Å². The maximum atomic E-state index is 12.3. The average molecular weight is 284 g/mol. The third-order valence-electron chi connectivity index (χ3n) is 4.47. The first-order chi connectivity index (χ1) is 9.21. The van der Waals surface area contributed by atoms with Gasteiger partial charge in [-0.3, -0.25) is 9.59 Å². The molecule has 1 saturated heterocycles. The van der Waals surface area contributed by atoms with Gasteiger partial charge in [-0.05, 0) is 38.5 Å². The monoisotopic (exact) mass is 284 g/mol. The van der Waals surface area contributed by atoms with Gasteiger partial charge < -0.3 is 15.4 Å². The molecule has 1 rings (SSSR count). The summed E-state index contributed by atoms with van der Waals surface area (Å²) in [6.07, 6.45) is 1.84. The van der Waals surface area contributed by atoms with Crippen molar-refractivity contribution in [3.05, 3.63) is 0 Å². The van der Waals surface area contributed by atoms with Crippen LogP contribution >= 0.6 is 0 Å². The molecule has 0 aromatic heterocycles. The molecule has 1 heterocycles. The van der Waals surface area contributed by atoms with Crippen molar-refractivity contribution in [3.8, 4) is 0 Å². The van der Waals surface area contributed by atoms with Crippen LogP contribution in [0.4, 0.5) is 0 Å². The Labute approximate surface area is 121 Å². The van der Waals surface area contributed by atoms with E-state index in [0.717, 1.165) is 19.4 Å². The molecule has 1 unspecified atom stereocenters. The summed E-state index contributed by atoms with van der Waals surface area (Å²) in [7, 11) is 1.41. The topological polar surface area (TPSA) is 72.6 Å². The molecule has 2 atom stereocenters. The van der Waals surface area contributed by atoms with Gasteiger partial charge >= 0.3 is 5.97 Å². The lowest BCUT2D eigenvalue weighted by Crippen LogP contribution is -2.52. The van der Waals surface area contributed by atoms with Gasteiger partial charge in [0.1, 0.15) is 0 Å². The predicted octanol–water partition coefficient (Wildman–Crippen LogP) is 1.41. The predicted molar refractivity (Wildman–Crippen MR) is 77.9 cm³/mol. The molecule has 0 spiro atoms. The summed E-state index contributed by atoms with van der Waals surface area (Å²) in [6.45, 7) is 8.98. The molecular formula is C15H28N2O3. The maximum absolute atomic E-state index is 12.3. The molecule has 0 saturated carbocycles. The minimum Gasteiger partial charge on any atom is -0.469 e. The first kappa shape index (κ1) is 17.0. The molecule has 0 aromatic carbocycles. The van der Waals surface area contributed by atoms with E-state index in [9.17, 15) is 9.59 Å². The second-order valence-corrected chi connectivity index (χ2v) is 6.61. The van der Waals surface area contributed by atoms with Crippen LogP contribution < -0.4 is 5.73 Å². The summed E-state index contributed by atoms with van der Waals surface area (Å²) in [5, 5.41) is 0. The zero-order valence-electron chi connectivity index (χ0n) is 13.3. The fourth-order valence-electron chi connectivity index (χ4n) is 2.69. The number of hydrogen-bond donors (Lipinski definition) is 1. The Morgan fingerprint density at radius 1 is 1.35 bits per heavy atom. The minimum absolute atomic E-state index is 0.00892. The Morgan fingerprint density at radius 2 is 1.95 bits per heavy atom. The van der Waals surface area contributed by atoms with Crippen LogP contribution in [0.5, 0.6) is 0 Å². The summed E-state index contributed by atoms with van der Waals surface area (Å²) < 4.78 is 4.88. The number of hydrogen-bond acceptors (Lipinski definition) is 4. The maximum Gasteiger partial charge on any atom is 0.311 e. The second-order valence-electron chi connectivity index (χ2n) is 6.61. The summed E-state index contributed by atoms with van der Waals surface area (Å²) in [5.41, 5.74) is 5.37. The lowest BCUT2D eigenvalue weighted by Gasteiger charge is -2.40. The van der Waals surface area contributed by atoms with Gasteiger partial charge in [-0.2, -0.15) is 0 Å². The molecule has 0 aromatic rings. The fraction of sp³-hybridized carbons (Fsp3) is 0.867. The van der Waals surface area contributed by atoms with E-state index in [-0.39, 0.29) is 23.7 Å². The number of carbonyl (C=O) groups is 2. The number of likely N-dealkylation sites (tertiary alicyclic amines) is 1. The van der Waals surface area contributed by atoms with E-state index in [2.05, 4.69) is 0 Å². The standard InChI is InChI=1S/C15H28N2O3/c1-10(2)12(16)13(18)17-8-6-7-11(9-17)15(3,4)14(19)20-5/h10-12H,6-9,16H2,1-5H3/t11?,12-/m0/s1. The van der Waals surface area contributed by atoms with Gasteiger partial charge in [-0.25, -0.2) is 0 Å². The van der Waals surface area contributed by atoms with Crippen LogP contribution in [-0.2, 0) is 14.3 Å². The van der Waals surface area contributed by atoms with Gasteiger partial charge in [-0.1, -0.05) is 13.8 Å². The molecule has 1 aliphatic rings. The second kappa shape index (κ2) is 6.57. The molecule has 5 heteroatoms. The zero-order chi connectivity index (χ0) is 15.5. The Morgan fingerprint density at radius 3 is 2.45 bits per heavy atom. The van der Waals surface area contributed by atoms with Crippen molar-refractivity contribution in [1.82, 2.24) is 4.90 Å². The van der Waals surface area contributed by atoms with Crippen LogP contribution in [0.3, 0.4) is 0 Å². The summed E-state index contributed by atoms with van der Waals surface area (Å²) in [5.74, 6) is 0.0128. The molecule has 0 aliphatic carbocycles. The van der Waals surface area contributed by atoms with E-state index in [1.807, 2.05) is 32.6 Å². The van der Waals surface area contributed by atoms with Crippen LogP contribution in [0, 0.1) is 17.3 Å². The highest BCUT2D eigenvalue weighted by Gasteiger charge is 2.41. The fourth-order valence-corrected chi connectivity index (χ4v) is 2.69. The number of nitrogens with two attached hydrogens (primary N) is 1.